The Labute approximate surface area is 89.5 Å². The fourth-order valence-electron chi connectivity index (χ4n) is 1.38. The Hall–Kier alpha value is -1.16. The first kappa shape index (κ1) is 9.40. The maximum atomic E-state index is 11.8. The van der Waals surface area contributed by atoms with Crippen LogP contribution in [0.25, 0.3) is 5.65 Å². The second-order valence-electron chi connectivity index (χ2n) is 3.20. The SMILES string of the molecule is Cc1nc2c(C)cccn2c(=O)c1Br. The van der Waals surface area contributed by atoms with Crippen LogP contribution in [0, 0.1) is 13.8 Å². The molecule has 0 saturated carbocycles. The van der Waals surface area contributed by atoms with Gasteiger partial charge in [0.25, 0.3) is 5.56 Å². The predicted octanol–water partition coefficient (Wildman–Crippen LogP) is 2.07. The van der Waals surface area contributed by atoms with Gasteiger partial charge in [-0.2, -0.15) is 0 Å². The van der Waals surface area contributed by atoms with Gasteiger partial charge in [0.15, 0.2) is 0 Å². The van der Waals surface area contributed by atoms with E-state index in [1.165, 1.54) is 0 Å². The van der Waals surface area contributed by atoms with Gasteiger partial charge in [-0.3, -0.25) is 9.20 Å². The van der Waals surface area contributed by atoms with Crippen molar-refractivity contribution in [3.8, 4) is 0 Å². The topological polar surface area (TPSA) is 34.4 Å². The van der Waals surface area contributed by atoms with Gasteiger partial charge in [-0.15, -0.1) is 0 Å². The summed E-state index contributed by atoms with van der Waals surface area (Å²) in [4.78, 5) is 16.1. The van der Waals surface area contributed by atoms with E-state index in [1.807, 2.05) is 26.0 Å². The van der Waals surface area contributed by atoms with Crippen LogP contribution in [0.15, 0.2) is 27.6 Å². The third-order valence-corrected chi connectivity index (χ3v) is 3.07. The third-order valence-electron chi connectivity index (χ3n) is 2.16. The molecular weight excluding hydrogens is 244 g/mol. The highest BCUT2D eigenvalue weighted by Gasteiger charge is 2.07. The normalized spacial score (nSPS) is 10.8. The zero-order valence-corrected chi connectivity index (χ0v) is 9.50. The van der Waals surface area contributed by atoms with Gasteiger partial charge >= 0.3 is 0 Å². The van der Waals surface area contributed by atoms with Crippen LogP contribution < -0.4 is 5.56 Å². The van der Waals surface area contributed by atoms with Crippen molar-refractivity contribution in [2.24, 2.45) is 0 Å². The molecule has 0 atom stereocenters. The van der Waals surface area contributed by atoms with Crippen LogP contribution in [-0.2, 0) is 0 Å². The smallest absolute Gasteiger partial charge is 0.268 e. The minimum absolute atomic E-state index is 0.0591. The molecule has 0 saturated heterocycles. The zero-order valence-electron chi connectivity index (χ0n) is 7.91. The van der Waals surface area contributed by atoms with Gasteiger partial charge in [0.2, 0.25) is 0 Å². The minimum Gasteiger partial charge on any atom is -0.268 e. The van der Waals surface area contributed by atoms with Crippen LogP contribution in [0.2, 0.25) is 0 Å². The Morgan fingerprint density at radius 1 is 1.43 bits per heavy atom. The Balaban J connectivity index is 3.06. The summed E-state index contributed by atoms with van der Waals surface area (Å²) < 4.78 is 2.08. The summed E-state index contributed by atoms with van der Waals surface area (Å²) in [5, 5.41) is 0. The van der Waals surface area contributed by atoms with E-state index in [4.69, 9.17) is 0 Å². The van der Waals surface area contributed by atoms with Crippen molar-refractivity contribution < 1.29 is 0 Å². The fraction of sp³-hybridized carbons (Fsp3) is 0.200. The van der Waals surface area contributed by atoms with E-state index in [2.05, 4.69) is 20.9 Å². The number of aryl methyl sites for hydroxylation is 2. The summed E-state index contributed by atoms with van der Waals surface area (Å²) in [7, 11) is 0. The lowest BCUT2D eigenvalue weighted by Gasteiger charge is -2.05. The fourth-order valence-corrected chi connectivity index (χ4v) is 1.66. The molecule has 0 spiro atoms. The quantitative estimate of drug-likeness (QED) is 0.720. The molecule has 2 rings (SSSR count). The van der Waals surface area contributed by atoms with Gasteiger partial charge in [0, 0.05) is 6.20 Å². The van der Waals surface area contributed by atoms with E-state index >= 15 is 0 Å². The van der Waals surface area contributed by atoms with Crippen molar-refractivity contribution in [3.63, 3.8) is 0 Å². The molecule has 0 aliphatic rings. The molecule has 0 aliphatic carbocycles. The molecule has 0 aliphatic heterocycles. The molecule has 3 nitrogen and oxygen atoms in total. The summed E-state index contributed by atoms with van der Waals surface area (Å²) >= 11 is 3.23. The number of aromatic nitrogens is 2. The van der Waals surface area contributed by atoms with Crippen molar-refractivity contribution in [2.75, 3.05) is 0 Å². The van der Waals surface area contributed by atoms with Crippen molar-refractivity contribution in [3.05, 3.63) is 44.4 Å². The highest BCUT2D eigenvalue weighted by Crippen LogP contribution is 2.11. The number of fused-ring (bicyclic) bond motifs is 1. The summed E-state index contributed by atoms with van der Waals surface area (Å²) in [6.07, 6.45) is 1.72. The van der Waals surface area contributed by atoms with Crippen LogP contribution in [0.3, 0.4) is 0 Å². The summed E-state index contributed by atoms with van der Waals surface area (Å²) in [6.45, 7) is 3.76. The average Bonchev–Trinajstić information content (AvgIpc) is 2.17. The van der Waals surface area contributed by atoms with E-state index < -0.39 is 0 Å². The Morgan fingerprint density at radius 3 is 2.86 bits per heavy atom. The van der Waals surface area contributed by atoms with Crippen LogP contribution >= 0.6 is 15.9 Å². The number of pyridine rings is 1. The molecule has 0 radical (unpaired) electrons. The third kappa shape index (κ3) is 1.26. The monoisotopic (exact) mass is 252 g/mol. The van der Waals surface area contributed by atoms with Crippen molar-refractivity contribution in [2.45, 2.75) is 13.8 Å². The summed E-state index contributed by atoms with van der Waals surface area (Å²) in [5.74, 6) is 0. The molecule has 0 aromatic carbocycles. The van der Waals surface area contributed by atoms with Gasteiger partial charge < -0.3 is 0 Å². The standard InChI is InChI=1S/C10H9BrN2O/c1-6-4-3-5-13-9(6)12-7(2)8(11)10(13)14/h3-5H,1-2H3. The lowest BCUT2D eigenvalue weighted by atomic mass is 10.3. The maximum absolute atomic E-state index is 11.8. The van der Waals surface area contributed by atoms with Crippen LogP contribution in [0.5, 0.6) is 0 Å². The number of hydrogen-bond acceptors (Lipinski definition) is 2. The molecule has 2 aromatic heterocycles. The second kappa shape index (κ2) is 3.20. The van der Waals surface area contributed by atoms with Crippen molar-refractivity contribution in [1.82, 2.24) is 9.38 Å². The van der Waals surface area contributed by atoms with Crippen molar-refractivity contribution in [1.29, 1.82) is 0 Å². The van der Waals surface area contributed by atoms with Crippen molar-refractivity contribution >= 4 is 21.6 Å². The number of nitrogens with zero attached hydrogens (tertiary/aromatic N) is 2. The number of hydrogen-bond donors (Lipinski definition) is 0. The molecule has 14 heavy (non-hydrogen) atoms. The molecule has 0 bridgehead atoms. The summed E-state index contributed by atoms with van der Waals surface area (Å²) in [6, 6.07) is 3.78. The van der Waals surface area contributed by atoms with Crippen LogP contribution in [-0.4, -0.2) is 9.38 Å². The molecule has 2 aromatic rings. The van der Waals surface area contributed by atoms with Gasteiger partial charge in [-0.05, 0) is 41.4 Å². The highest BCUT2D eigenvalue weighted by atomic mass is 79.9. The zero-order chi connectivity index (χ0) is 10.3. The molecule has 0 amide bonds. The Morgan fingerprint density at radius 2 is 2.14 bits per heavy atom. The first-order valence-corrected chi connectivity index (χ1v) is 5.04. The van der Waals surface area contributed by atoms with Crippen LogP contribution in [0.1, 0.15) is 11.3 Å². The van der Waals surface area contributed by atoms with Gasteiger partial charge in [-0.1, -0.05) is 6.07 Å². The van der Waals surface area contributed by atoms with Gasteiger partial charge in [-0.25, -0.2) is 4.98 Å². The molecule has 4 heteroatoms. The van der Waals surface area contributed by atoms with Gasteiger partial charge in [0.1, 0.15) is 10.1 Å². The Bertz CT molecular complexity index is 560. The van der Waals surface area contributed by atoms with Gasteiger partial charge in [0.05, 0.1) is 5.69 Å². The molecule has 0 N–H and O–H groups in total. The molecule has 0 fully saturated rings. The predicted molar refractivity (Wildman–Crippen MR) is 58.6 cm³/mol. The first-order valence-electron chi connectivity index (χ1n) is 4.25. The van der Waals surface area contributed by atoms with E-state index in [-0.39, 0.29) is 5.56 Å². The minimum atomic E-state index is -0.0591. The largest absolute Gasteiger partial charge is 0.272 e. The maximum Gasteiger partial charge on any atom is 0.272 e. The Kier molecular flexibility index (Phi) is 2.15. The lowest BCUT2D eigenvalue weighted by Crippen LogP contribution is -2.17. The molecular formula is C10H9BrN2O. The second-order valence-corrected chi connectivity index (χ2v) is 3.99. The first-order chi connectivity index (χ1) is 6.61. The lowest BCUT2D eigenvalue weighted by molar-refractivity contribution is 0.990. The van der Waals surface area contributed by atoms with E-state index in [9.17, 15) is 4.79 Å². The molecule has 72 valence electrons. The number of halogens is 1. The van der Waals surface area contributed by atoms with Crippen LogP contribution in [0.4, 0.5) is 0 Å². The average molecular weight is 253 g/mol. The number of rotatable bonds is 0. The summed E-state index contributed by atoms with van der Waals surface area (Å²) in [5.41, 5.74) is 2.39. The molecule has 0 unspecified atom stereocenters. The van der Waals surface area contributed by atoms with E-state index in [0.29, 0.717) is 4.47 Å². The molecule has 2 heterocycles. The van der Waals surface area contributed by atoms with E-state index in [1.54, 1.807) is 10.6 Å². The highest BCUT2D eigenvalue weighted by molar-refractivity contribution is 9.10. The van der Waals surface area contributed by atoms with E-state index in [0.717, 1.165) is 16.9 Å².